The zero-order valence-corrected chi connectivity index (χ0v) is 15.7. The Labute approximate surface area is 164 Å². The highest BCUT2D eigenvalue weighted by Crippen LogP contribution is 2.43. The predicted molar refractivity (Wildman–Crippen MR) is 109 cm³/mol. The summed E-state index contributed by atoms with van der Waals surface area (Å²) in [5.74, 6) is 2.12. The van der Waals surface area contributed by atoms with Crippen LogP contribution in [0.3, 0.4) is 0 Å². The third-order valence-electron chi connectivity index (χ3n) is 5.51. The van der Waals surface area contributed by atoms with Gasteiger partial charge in [-0.05, 0) is 52.8 Å². The van der Waals surface area contributed by atoms with Gasteiger partial charge in [-0.2, -0.15) is 0 Å². The third-order valence-corrected chi connectivity index (χ3v) is 5.51. The van der Waals surface area contributed by atoms with E-state index in [0.29, 0.717) is 25.6 Å². The molecule has 5 rings (SSSR count). The van der Waals surface area contributed by atoms with Crippen LogP contribution in [0.15, 0.2) is 60.7 Å². The van der Waals surface area contributed by atoms with Gasteiger partial charge in [0.1, 0.15) is 13.2 Å². The standard InChI is InChI=1S/C24H23NO3/c26-23(14-16-5-6-17-3-1-2-4-19(17)13-16)25-24(18-7-8-18)20-9-10-21-22(15-20)28-12-11-27-21/h1-6,9-10,13,15,18,24H,7-8,11-12,14H2,(H,25,26). The number of amides is 1. The van der Waals surface area contributed by atoms with Gasteiger partial charge in [-0.15, -0.1) is 0 Å². The number of carbonyl (C=O) groups is 1. The average molecular weight is 373 g/mol. The van der Waals surface area contributed by atoms with Crippen molar-refractivity contribution >= 4 is 16.7 Å². The first-order chi connectivity index (χ1) is 13.8. The molecule has 1 saturated carbocycles. The molecule has 4 nitrogen and oxygen atoms in total. The van der Waals surface area contributed by atoms with E-state index in [9.17, 15) is 4.79 Å². The molecule has 4 heteroatoms. The van der Waals surface area contributed by atoms with Crippen molar-refractivity contribution < 1.29 is 14.3 Å². The summed E-state index contributed by atoms with van der Waals surface area (Å²) in [6.07, 6.45) is 2.68. The summed E-state index contributed by atoms with van der Waals surface area (Å²) >= 11 is 0. The maximum Gasteiger partial charge on any atom is 0.224 e. The fourth-order valence-corrected chi connectivity index (χ4v) is 3.91. The Morgan fingerprint density at radius 2 is 1.71 bits per heavy atom. The molecule has 2 aliphatic rings. The lowest BCUT2D eigenvalue weighted by Crippen LogP contribution is -2.31. The van der Waals surface area contributed by atoms with Crippen LogP contribution < -0.4 is 14.8 Å². The fraction of sp³-hybridized carbons (Fsp3) is 0.292. The molecular weight excluding hydrogens is 350 g/mol. The van der Waals surface area contributed by atoms with Crippen LogP contribution in [-0.4, -0.2) is 19.1 Å². The molecule has 0 bridgehead atoms. The third kappa shape index (κ3) is 3.55. The second-order valence-electron chi connectivity index (χ2n) is 7.64. The minimum Gasteiger partial charge on any atom is -0.486 e. The number of ether oxygens (including phenoxy) is 2. The van der Waals surface area contributed by atoms with Crippen molar-refractivity contribution in [2.24, 2.45) is 5.92 Å². The Hall–Kier alpha value is -3.01. The molecule has 3 aromatic rings. The summed E-state index contributed by atoms with van der Waals surface area (Å²) < 4.78 is 11.3. The quantitative estimate of drug-likeness (QED) is 0.720. The Bertz CT molecular complexity index is 1030. The van der Waals surface area contributed by atoms with E-state index in [1.165, 1.54) is 10.8 Å². The summed E-state index contributed by atoms with van der Waals surface area (Å²) in [4.78, 5) is 12.8. The van der Waals surface area contributed by atoms with E-state index in [1.54, 1.807) is 0 Å². The van der Waals surface area contributed by atoms with E-state index in [0.717, 1.165) is 35.5 Å². The van der Waals surface area contributed by atoms with Crippen molar-refractivity contribution in [3.05, 3.63) is 71.8 Å². The van der Waals surface area contributed by atoms with E-state index in [2.05, 4.69) is 29.6 Å². The van der Waals surface area contributed by atoms with Gasteiger partial charge in [0.15, 0.2) is 11.5 Å². The molecule has 0 radical (unpaired) electrons. The van der Waals surface area contributed by atoms with Crippen molar-refractivity contribution in [3.8, 4) is 11.5 Å². The first-order valence-corrected chi connectivity index (χ1v) is 9.93. The van der Waals surface area contributed by atoms with Crippen LogP contribution in [0.5, 0.6) is 11.5 Å². The van der Waals surface area contributed by atoms with E-state index in [1.807, 2.05) is 36.4 Å². The maximum atomic E-state index is 12.8. The fourth-order valence-electron chi connectivity index (χ4n) is 3.91. The smallest absolute Gasteiger partial charge is 0.224 e. The van der Waals surface area contributed by atoms with Gasteiger partial charge in [0.25, 0.3) is 0 Å². The number of hydrogen-bond acceptors (Lipinski definition) is 3. The maximum absolute atomic E-state index is 12.8. The van der Waals surface area contributed by atoms with Crippen LogP contribution in [0.2, 0.25) is 0 Å². The molecule has 1 amide bonds. The normalized spacial score (nSPS) is 16.6. The topological polar surface area (TPSA) is 47.6 Å². The van der Waals surface area contributed by atoms with Crippen LogP contribution in [0, 0.1) is 5.92 Å². The molecule has 1 heterocycles. The van der Waals surface area contributed by atoms with Crippen molar-refractivity contribution in [2.45, 2.75) is 25.3 Å². The van der Waals surface area contributed by atoms with Gasteiger partial charge < -0.3 is 14.8 Å². The van der Waals surface area contributed by atoms with E-state index >= 15 is 0 Å². The van der Waals surface area contributed by atoms with E-state index in [-0.39, 0.29) is 11.9 Å². The van der Waals surface area contributed by atoms with Gasteiger partial charge in [0.05, 0.1) is 12.5 Å². The second kappa shape index (κ2) is 7.19. The Morgan fingerprint density at radius 1 is 0.929 bits per heavy atom. The molecule has 28 heavy (non-hydrogen) atoms. The summed E-state index contributed by atoms with van der Waals surface area (Å²) in [5.41, 5.74) is 2.13. The molecule has 1 unspecified atom stereocenters. The molecule has 142 valence electrons. The summed E-state index contributed by atoms with van der Waals surface area (Å²) in [7, 11) is 0. The Morgan fingerprint density at radius 3 is 2.54 bits per heavy atom. The molecule has 3 aromatic carbocycles. The van der Waals surface area contributed by atoms with Crippen molar-refractivity contribution in [2.75, 3.05) is 13.2 Å². The number of fused-ring (bicyclic) bond motifs is 2. The number of nitrogens with one attached hydrogen (secondary N) is 1. The number of carbonyl (C=O) groups excluding carboxylic acids is 1. The van der Waals surface area contributed by atoms with E-state index < -0.39 is 0 Å². The van der Waals surface area contributed by atoms with Gasteiger partial charge in [0, 0.05) is 0 Å². The predicted octanol–water partition coefficient (Wildman–Crippen LogP) is 4.42. The molecule has 1 atom stereocenters. The van der Waals surface area contributed by atoms with Crippen molar-refractivity contribution in [1.29, 1.82) is 0 Å². The van der Waals surface area contributed by atoms with Gasteiger partial charge in [-0.25, -0.2) is 0 Å². The summed E-state index contributed by atoms with van der Waals surface area (Å²) in [6.45, 7) is 1.15. The molecule has 0 spiro atoms. The van der Waals surface area contributed by atoms with Crippen LogP contribution >= 0.6 is 0 Å². The highest BCUT2D eigenvalue weighted by molar-refractivity contribution is 5.85. The first kappa shape index (κ1) is 17.1. The second-order valence-corrected chi connectivity index (χ2v) is 7.64. The first-order valence-electron chi connectivity index (χ1n) is 9.93. The highest BCUT2D eigenvalue weighted by atomic mass is 16.6. The van der Waals surface area contributed by atoms with Gasteiger partial charge in [0.2, 0.25) is 5.91 Å². The van der Waals surface area contributed by atoms with Gasteiger partial charge in [-0.3, -0.25) is 4.79 Å². The van der Waals surface area contributed by atoms with Crippen molar-refractivity contribution in [1.82, 2.24) is 5.32 Å². The highest BCUT2D eigenvalue weighted by Gasteiger charge is 2.34. The summed E-state index contributed by atoms with van der Waals surface area (Å²) in [5, 5.41) is 5.62. The Balaban J connectivity index is 1.33. The lowest BCUT2D eigenvalue weighted by Gasteiger charge is -2.23. The molecule has 0 saturated heterocycles. The molecule has 1 fully saturated rings. The monoisotopic (exact) mass is 373 g/mol. The SMILES string of the molecule is O=C(Cc1ccc2ccccc2c1)NC(c1ccc2c(c1)OCCO2)C1CC1. The molecule has 1 aliphatic heterocycles. The molecule has 0 aromatic heterocycles. The van der Waals surface area contributed by atoms with Gasteiger partial charge >= 0.3 is 0 Å². The zero-order chi connectivity index (χ0) is 18.9. The lowest BCUT2D eigenvalue weighted by atomic mass is 10.0. The van der Waals surface area contributed by atoms with E-state index in [4.69, 9.17) is 9.47 Å². The minimum absolute atomic E-state index is 0.0313. The lowest BCUT2D eigenvalue weighted by molar-refractivity contribution is -0.121. The number of hydrogen-bond donors (Lipinski definition) is 1. The number of benzene rings is 3. The van der Waals surface area contributed by atoms with Crippen LogP contribution in [0.1, 0.15) is 30.0 Å². The van der Waals surface area contributed by atoms with Crippen LogP contribution in [0.25, 0.3) is 10.8 Å². The minimum atomic E-state index is 0.0313. The van der Waals surface area contributed by atoms with Crippen molar-refractivity contribution in [3.63, 3.8) is 0 Å². The number of rotatable bonds is 5. The average Bonchev–Trinajstić information content (AvgIpc) is 3.57. The largest absolute Gasteiger partial charge is 0.486 e. The van der Waals surface area contributed by atoms with Crippen LogP contribution in [0.4, 0.5) is 0 Å². The van der Waals surface area contributed by atoms with Crippen LogP contribution in [-0.2, 0) is 11.2 Å². The van der Waals surface area contributed by atoms with Gasteiger partial charge in [-0.1, -0.05) is 48.5 Å². The zero-order valence-electron chi connectivity index (χ0n) is 15.7. The summed E-state index contributed by atoms with van der Waals surface area (Å²) in [6, 6.07) is 20.5. The molecule has 1 N–H and O–H groups in total. The molecule has 1 aliphatic carbocycles. The Kier molecular flexibility index (Phi) is 4.40. The molecular formula is C24H23NO3.